The number of benzene rings is 4. The van der Waals surface area contributed by atoms with Crippen molar-refractivity contribution in [1.82, 2.24) is 0 Å². The summed E-state index contributed by atoms with van der Waals surface area (Å²) in [5.41, 5.74) is 0.987. The Balaban J connectivity index is 0.000000189. The third kappa shape index (κ3) is 8.45. The Morgan fingerprint density at radius 2 is 0.667 bits per heavy atom. The minimum atomic E-state index is -0.354. The number of hydrogen-bond acceptors (Lipinski definition) is 8. The van der Waals surface area contributed by atoms with E-state index in [2.05, 4.69) is 13.8 Å². The lowest BCUT2D eigenvalue weighted by Crippen LogP contribution is -2.29. The number of ether oxygens (including phenoxy) is 2. The smallest absolute Gasteiger partial charge is 0.258 e. The molecule has 6 rings (SSSR count). The number of anilines is 2. The average Bonchev–Trinajstić information content (AvgIpc) is 3.56. The van der Waals surface area contributed by atoms with Gasteiger partial charge in [0.1, 0.15) is 34.5 Å². The van der Waals surface area contributed by atoms with Crippen LogP contribution in [-0.4, -0.2) is 33.8 Å². The molecule has 2 heterocycles. The van der Waals surface area contributed by atoms with Gasteiger partial charge in [0.15, 0.2) is 0 Å². The fourth-order valence-corrected chi connectivity index (χ4v) is 3.94. The normalized spacial score (nSPS) is 13.3. The van der Waals surface area contributed by atoms with Crippen molar-refractivity contribution in [3.8, 4) is 34.5 Å². The number of hydrogen-bond donors (Lipinski definition) is 2. The molecule has 45 heavy (non-hydrogen) atoms. The molecule has 4 aromatic carbocycles. The second kappa shape index (κ2) is 14.8. The van der Waals surface area contributed by atoms with E-state index >= 15 is 0 Å². The number of phenols is 2. The fourth-order valence-electron chi connectivity index (χ4n) is 3.94. The van der Waals surface area contributed by atoms with Gasteiger partial charge in [-0.2, -0.15) is 0 Å². The standard InChI is InChI=1S/2C16H11NO4.C3H8/c2*18-12-3-7-14(8-4-12)21-13-5-1-11(2-6-13)17-15(19)9-10-16(17)20;1-3-2/h2*1-10,18H;3H2,1-2H3. The Hall–Kier alpha value is -6.16. The SMILES string of the molecule is CCC.O=C1C=CC(=O)N1c1ccc(Oc2ccc(O)cc2)cc1.O=C1C=CC(=O)N1c1ccc(Oc2ccc(O)cc2)cc1. The summed E-state index contributed by atoms with van der Waals surface area (Å²) >= 11 is 0. The van der Waals surface area contributed by atoms with E-state index in [9.17, 15) is 29.4 Å². The topological polar surface area (TPSA) is 134 Å². The molecule has 0 fully saturated rings. The van der Waals surface area contributed by atoms with E-state index < -0.39 is 0 Å². The molecule has 2 aliphatic rings. The van der Waals surface area contributed by atoms with Crippen LogP contribution >= 0.6 is 0 Å². The summed E-state index contributed by atoms with van der Waals surface area (Å²) in [5.74, 6) is 1.20. The lowest BCUT2D eigenvalue weighted by molar-refractivity contribution is -0.121. The van der Waals surface area contributed by atoms with E-state index in [4.69, 9.17) is 9.47 Å². The quantitative estimate of drug-likeness (QED) is 0.233. The summed E-state index contributed by atoms with van der Waals surface area (Å²) in [5, 5.41) is 18.4. The van der Waals surface area contributed by atoms with Gasteiger partial charge >= 0.3 is 0 Å². The molecule has 4 amide bonds. The number of aromatic hydroxyl groups is 2. The summed E-state index contributed by atoms with van der Waals surface area (Å²) in [7, 11) is 0. The molecule has 0 bridgehead atoms. The molecule has 0 atom stereocenters. The number of carbonyl (C=O) groups is 4. The van der Waals surface area contributed by atoms with Crippen molar-refractivity contribution in [3.63, 3.8) is 0 Å². The molecule has 0 saturated heterocycles. The largest absolute Gasteiger partial charge is 0.508 e. The number of phenolic OH excluding ortho intramolecular Hbond substituents is 2. The first-order chi connectivity index (χ1) is 21.7. The first kappa shape index (κ1) is 31.8. The van der Waals surface area contributed by atoms with Crippen molar-refractivity contribution >= 4 is 35.0 Å². The molecule has 10 nitrogen and oxygen atoms in total. The molecule has 228 valence electrons. The number of rotatable bonds is 6. The third-order valence-electron chi connectivity index (χ3n) is 5.95. The van der Waals surface area contributed by atoms with Crippen molar-refractivity contribution in [1.29, 1.82) is 0 Å². The zero-order valence-electron chi connectivity index (χ0n) is 24.5. The monoisotopic (exact) mass is 606 g/mol. The molecule has 10 heteroatoms. The molecule has 2 aliphatic heterocycles. The van der Waals surface area contributed by atoms with Gasteiger partial charge in [0.05, 0.1) is 11.4 Å². The highest BCUT2D eigenvalue weighted by Gasteiger charge is 2.25. The van der Waals surface area contributed by atoms with Crippen molar-refractivity contribution in [3.05, 3.63) is 121 Å². The van der Waals surface area contributed by atoms with E-state index in [0.29, 0.717) is 34.4 Å². The van der Waals surface area contributed by atoms with Crippen LogP contribution in [-0.2, 0) is 19.2 Å². The molecule has 0 unspecified atom stereocenters. The maximum Gasteiger partial charge on any atom is 0.258 e. The van der Waals surface area contributed by atoms with Gasteiger partial charge in [-0.25, -0.2) is 9.80 Å². The minimum Gasteiger partial charge on any atom is -0.508 e. The summed E-state index contributed by atoms with van der Waals surface area (Å²) in [4.78, 5) is 48.4. The number of nitrogens with zero attached hydrogens (tertiary/aromatic N) is 2. The van der Waals surface area contributed by atoms with Crippen LogP contribution in [0.25, 0.3) is 0 Å². The Kier molecular flexibility index (Phi) is 10.5. The van der Waals surface area contributed by atoms with Crippen molar-refractivity contribution < 1.29 is 38.9 Å². The van der Waals surface area contributed by atoms with Crippen LogP contribution in [0.5, 0.6) is 34.5 Å². The Labute approximate surface area is 259 Å². The van der Waals surface area contributed by atoms with Crippen LogP contribution in [0.3, 0.4) is 0 Å². The highest BCUT2D eigenvalue weighted by Crippen LogP contribution is 2.28. The maximum absolute atomic E-state index is 11.6. The molecule has 0 radical (unpaired) electrons. The summed E-state index contributed by atoms with van der Waals surface area (Å²) in [6.45, 7) is 4.25. The highest BCUT2D eigenvalue weighted by molar-refractivity contribution is 6.28. The van der Waals surface area contributed by atoms with Gasteiger partial charge < -0.3 is 19.7 Å². The first-order valence-electron chi connectivity index (χ1n) is 13.9. The molecule has 0 spiro atoms. The Bertz CT molecular complexity index is 1540. The van der Waals surface area contributed by atoms with Gasteiger partial charge in [-0.1, -0.05) is 20.3 Å². The van der Waals surface area contributed by atoms with Gasteiger partial charge in [0.25, 0.3) is 23.6 Å². The zero-order valence-corrected chi connectivity index (χ0v) is 24.5. The highest BCUT2D eigenvalue weighted by atomic mass is 16.5. The van der Waals surface area contributed by atoms with Crippen LogP contribution < -0.4 is 19.3 Å². The average molecular weight is 607 g/mol. The van der Waals surface area contributed by atoms with Crippen LogP contribution in [0, 0.1) is 0 Å². The first-order valence-corrected chi connectivity index (χ1v) is 13.9. The number of imide groups is 2. The second-order valence-corrected chi connectivity index (χ2v) is 9.58. The van der Waals surface area contributed by atoms with Gasteiger partial charge in [-0.15, -0.1) is 0 Å². The molecule has 0 aromatic heterocycles. The second-order valence-electron chi connectivity index (χ2n) is 9.58. The predicted molar refractivity (Wildman–Crippen MR) is 168 cm³/mol. The van der Waals surface area contributed by atoms with Crippen LogP contribution in [0.2, 0.25) is 0 Å². The van der Waals surface area contributed by atoms with E-state index in [0.717, 1.165) is 9.80 Å². The molecule has 4 aromatic rings. The lowest BCUT2D eigenvalue weighted by Gasteiger charge is -2.14. The Morgan fingerprint density at radius 1 is 0.444 bits per heavy atom. The molecule has 2 N–H and O–H groups in total. The van der Waals surface area contributed by atoms with Crippen molar-refractivity contribution in [2.75, 3.05) is 9.80 Å². The Morgan fingerprint density at radius 3 is 0.911 bits per heavy atom. The van der Waals surface area contributed by atoms with Gasteiger partial charge in [-0.05, 0) is 97.1 Å². The molecular formula is C35H30N2O8. The predicted octanol–water partition coefficient (Wildman–Crippen LogP) is 6.64. The maximum atomic E-state index is 11.6. The van der Waals surface area contributed by atoms with Gasteiger partial charge in [-0.3, -0.25) is 19.2 Å². The molecule has 0 aliphatic carbocycles. The number of amides is 4. The van der Waals surface area contributed by atoms with E-state index in [1.54, 1.807) is 72.8 Å². The third-order valence-corrected chi connectivity index (χ3v) is 5.95. The van der Waals surface area contributed by atoms with Crippen molar-refractivity contribution in [2.45, 2.75) is 20.3 Å². The number of carbonyl (C=O) groups excluding carboxylic acids is 4. The minimum absolute atomic E-state index is 0.163. The summed E-state index contributed by atoms with van der Waals surface area (Å²) in [6, 6.07) is 25.9. The van der Waals surface area contributed by atoms with Crippen LogP contribution in [0.15, 0.2) is 121 Å². The fraction of sp³-hybridized carbons (Fsp3) is 0.0857. The van der Waals surface area contributed by atoms with Crippen LogP contribution in [0.1, 0.15) is 20.3 Å². The molecular weight excluding hydrogens is 576 g/mol. The van der Waals surface area contributed by atoms with Gasteiger partial charge in [0.2, 0.25) is 0 Å². The zero-order chi connectivity index (χ0) is 32.3. The van der Waals surface area contributed by atoms with E-state index in [1.165, 1.54) is 55.0 Å². The summed E-state index contributed by atoms with van der Waals surface area (Å²) < 4.78 is 11.2. The van der Waals surface area contributed by atoms with E-state index in [1.807, 2.05) is 0 Å². The molecule has 0 saturated carbocycles. The lowest BCUT2D eigenvalue weighted by atomic mass is 10.2. The van der Waals surface area contributed by atoms with E-state index in [-0.39, 0.29) is 35.1 Å². The van der Waals surface area contributed by atoms with Crippen molar-refractivity contribution in [2.24, 2.45) is 0 Å². The summed E-state index contributed by atoms with van der Waals surface area (Å²) in [6.07, 6.45) is 6.21. The van der Waals surface area contributed by atoms with Gasteiger partial charge in [0, 0.05) is 24.3 Å². The van der Waals surface area contributed by atoms with Crippen LogP contribution in [0.4, 0.5) is 11.4 Å².